The van der Waals surface area contributed by atoms with Gasteiger partial charge >= 0.3 is 8.80 Å². The fourth-order valence-electron chi connectivity index (χ4n) is 2.49. The van der Waals surface area contributed by atoms with Crippen molar-refractivity contribution in [1.29, 1.82) is 0 Å². The van der Waals surface area contributed by atoms with Crippen molar-refractivity contribution in [3.63, 3.8) is 0 Å². The maximum absolute atomic E-state index is 6.16. The van der Waals surface area contributed by atoms with Crippen LogP contribution >= 0.6 is 0 Å². The third-order valence-electron chi connectivity index (χ3n) is 3.38. The Hall–Kier alpha value is 0.0969. The largest absolute Gasteiger partial charge is 0.504 e. The third-order valence-corrected chi connectivity index (χ3v) is 6.77. The van der Waals surface area contributed by atoms with Crippen LogP contribution in [0.25, 0.3) is 0 Å². The minimum Gasteiger partial charge on any atom is -0.373 e. The fourth-order valence-corrected chi connectivity index (χ4v) is 6.03. The smallest absolute Gasteiger partial charge is 0.373 e. The molecule has 0 amide bonds. The molecule has 0 spiro atoms. The summed E-state index contributed by atoms with van der Waals surface area (Å²) in [5.41, 5.74) is 0.544. The Labute approximate surface area is 114 Å². The van der Waals surface area contributed by atoms with Crippen LogP contribution in [0.3, 0.4) is 0 Å². The lowest BCUT2D eigenvalue weighted by Crippen LogP contribution is -2.50. The van der Waals surface area contributed by atoms with Gasteiger partial charge in [-0.2, -0.15) is 0 Å². The van der Waals surface area contributed by atoms with Gasteiger partial charge in [0.2, 0.25) is 0 Å². The van der Waals surface area contributed by atoms with E-state index in [2.05, 4.69) is 20.8 Å². The Morgan fingerprint density at radius 3 is 1.50 bits per heavy atom. The van der Waals surface area contributed by atoms with E-state index in [1.165, 1.54) is 25.7 Å². The molecule has 1 rings (SSSR count). The molecular weight excluding hydrogens is 244 g/mol. The molecule has 0 unspecified atom stereocenters. The van der Waals surface area contributed by atoms with Gasteiger partial charge in [0.1, 0.15) is 0 Å². The van der Waals surface area contributed by atoms with Gasteiger partial charge in [-0.05, 0) is 32.1 Å². The summed E-state index contributed by atoms with van der Waals surface area (Å²) in [6.07, 6.45) is 8.16. The van der Waals surface area contributed by atoms with E-state index in [9.17, 15) is 0 Å². The Bertz CT molecular complexity index is 183. The van der Waals surface area contributed by atoms with Crippen LogP contribution < -0.4 is 0 Å². The molecule has 0 atom stereocenters. The zero-order valence-corrected chi connectivity index (χ0v) is 13.4. The van der Waals surface area contributed by atoms with Crippen molar-refractivity contribution in [2.45, 2.75) is 71.3 Å². The maximum atomic E-state index is 6.16. The average Bonchev–Trinajstić information content (AvgIpc) is 2.93. The van der Waals surface area contributed by atoms with Crippen molar-refractivity contribution in [3.05, 3.63) is 0 Å². The van der Waals surface area contributed by atoms with Gasteiger partial charge in [0.25, 0.3) is 0 Å². The number of hydrogen-bond donors (Lipinski definition) is 0. The van der Waals surface area contributed by atoms with Crippen LogP contribution in [0, 0.1) is 0 Å². The third kappa shape index (κ3) is 4.65. The second-order valence-electron chi connectivity index (χ2n) is 5.13. The molecule has 0 saturated heterocycles. The van der Waals surface area contributed by atoms with E-state index in [0.29, 0.717) is 5.54 Å². The van der Waals surface area contributed by atoms with Gasteiger partial charge in [0, 0.05) is 25.4 Å². The highest BCUT2D eigenvalue weighted by Gasteiger charge is 2.50. The summed E-state index contributed by atoms with van der Waals surface area (Å²) in [6, 6.07) is 0. The van der Waals surface area contributed by atoms with Crippen molar-refractivity contribution in [2.75, 3.05) is 19.8 Å². The Morgan fingerprint density at radius 2 is 1.17 bits per heavy atom. The predicted molar refractivity (Wildman–Crippen MR) is 76.7 cm³/mol. The first kappa shape index (κ1) is 16.2. The molecule has 0 N–H and O–H groups in total. The molecule has 1 fully saturated rings. The topological polar surface area (TPSA) is 27.7 Å². The highest BCUT2D eigenvalue weighted by Crippen LogP contribution is 2.40. The Balaban J connectivity index is 2.68. The molecule has 18 heavy (non-hydrogen) atoms. The Morgan fingerprint density at radius 1 is 0.778 bits per heavy atom. The Kier molecular flexibility index (Phi) is 8.14. The molecule has 3 nitrogen and oxygen atoms in total. The van der Waals surface area contributed by atoms with Crippen molar-refractivity contribution in [1.82, 2.24) is 0 Å². The molecule has 0 bridgehead atoms. The van der Waals surface area contributed by atoms with Gasteiger partial charge < -0.3 is 13.3 Å². The van der Waals surface area contributed by atoms with E-state index in [-0.39, 0.29) is 0 Å². The van der Waals surface area contributed by atoms with E-state index >= 15 is 0 Å². The van der Waals surface area contributed by atoms with Crippen LogP contribution in [0.2, 0.25) is 5.54 Å². The fraction of sp³-hybridized carbons (Fsp3) is 1.00. The first-order chi connectivity index (χ1) is 8.79. The van der Waals surface area contributed by atoms with Gasteiger partial charge in [-0.25, -0.2) is 0 Å². The van der Waals surface area contributed by atoms with Gasteiger partial charge in [-0.15, -0.1) is 0 Å². The molecule has 1 saturated carbocycles. The molecule has 4 heteroatoms. The number of rotatable bonds is 10. The molecule has 0 aliphatic heterocycles. The van der Waals surface area contributed by atoms with Crippen LogP contribution in [-0.2, 0) is 13.3 Å². The highest BCUT2D eigenvalue weighted by atomic mass is 28.4. The first-order valence-corrected chi connectivity index (χ1v) is 9.51. The van der Waals surface area contributed by atoms with Crippen LogP contribution in [-0.4, -0.2) is 28.6 Å². The summed E-state index contributed by atoms with van der Waals surface area (Å²) in [6.45, 7) is 8.76. The van der Waals surface area contributed by atoms with Crippen molar-refractivity contribution in [3.8, 4) is 0 Å². The summed E-state index contributed by atoms with van der Waals surface area (Å²) < 4.78 is 18.5. The lowest BCUT2D eigenvalue weighted by Gasteiger charge is -2.34. The average molecular weight is 274 g/mol. The maximum Gasteiger partial charge on any atom is 0.504 e. The normalized spacial score (nSPS) is 17.5. The lowest BCUT2D eigenvalue weighted by molar-refractivity contribution is 0.0497. The SMILES string of the molecule is CCCO[Si](OCCC)(OCCC)C1CCCC1. The molecule has 0 radical (unpaired) electrons. The molecule has 0 heterocycles. The summed E-state index contributed by atoms with van der Waals surface area (Å²) in [5.74, 6) is 0. The van der Waals surface area contributed by atoms with Crippen LogP contribution in [0.5, 0.6) is 0 Å². The summed E-state index contributed by atoms with van der Waals surface area (Å²) in [4.78, 5) is 0. The van der Waals surface area contributed by atoms with Gasteiger partial charge in [-0.3, -0.25) is 0 Å². The van der Waals surface area contributed by atoms with Crippen LogP contribution in [0.1, 0.15) is 65.7 Å². The molecule has 108 valence electrons. The van der Waals surface area contributed by atoms with E-state index in [1.807, 2.05) is 0 Å². The summed E-state index contributed by atoms with van der Waals surface area (Å²) in [7, 11) is -2.43. The van der Waals surface area contributed by atoms with E-state index in [0.717, 1.165) is 39.1 Å². The second kappa shape index (κ2) is 9.07. The molecular formula is C14H30O3Si. The monoisotopic (exact) mass is 274 g/mol. The minimum absolute atomic E-state index is 0.544. The van der Waals surface area contributed by atoms with Gasteiger partial charge in [0.15, 0.2) is 0 Å². The molecule has 0 aromatic carbocycles. The van der Waals surface area contributed by atoms with Crippen molar-refractivity contribution < 1.29 is 13.3 Å². The molecule has 1 aliphatic rings. The zero-order valence-electron chi connectivity index (χ0n) is 12.4. The van der Waals surface area contributed by atoms with Gasteiger partial charge in [-0.1, -0.05) is 33.6 Å². The van der Waals surface area contributed by atoms with Crippen molar-refractivity contribution >= 4 is 8.80 Å². The zero-order chi connectivity index (χ0) is 13.3. The second-order valence-corrected chi connectivity index (χ2v) is 8.02. The van der Waals surface area contributed by atoms with E-state index < -0.39 is 8.80 Å². The quantitative estimate of drug-likeness (QED) is 0.560. The van der Waals surface area contributed by atoms with Crippen LogP contribution in [0.15, 0.2) is 0 Å². The summed E-state index contributed by atoms with van der Waals surface area (Å²) >= 11 is 0. The molecule has 0 aromatic rings. The first-order valence-electron chi connectivity index (χ1n) is 7.70. The van der Waals surface area contributed by atoms with Crippen LogP contribution in [0.4, 0.5) is 0 Å². The highest BCUT2D eigenvalue weighted by molar-refractivity contribution is 6.62. The van der Waals surface area contributed by atoms with E-state index in [1.54, 1.807) is 0 Å². The number of hydrogen-bond acceptors (Lipinski definition) is 3. The standard InChI is InChI=1S/C14H30O3Si/c1-4-11-15-18(16-12-5-2,17-13-6-3)14-9-7-8-10-14/h14H,4-13H2,1-3H3. The minimum atomic E-state index is -2.43. The lowest BCUT2D eigenvalue weighted by atomic mass is 10.4. The molecule has 1 aliphatic carbocycles. The predicted octanol–water partition coefficient (Wildman–Crippen LogP) is 4.15. The van der Waals surface area contributed by atoms with Crippen molar-refractivity contribution in [2.24, 2.45) is 0 Å². The summed E-state index contributed by atoms with van der Waals surface area (Å²) in [5, 5.41) is 0. The van der Waals surface area contributed by atoms with Gasteiger partial charge in [0.05, 0.1) is 0 Å². The van der Waals surface area contributed by atoms with E-state index in [4.69, 9.17) is 13.3 Å². The molecule has 0 aromatic heterocycles.